The lowest BCUT2D eigenvalue weighted by atomic mass is 10.0. The number of fused-ring (bicyclic) bond motifs is 1. The first-order valence-electron chi connectivity index (χ1n) is 9.05. The van der Waals surface area contributed by atoms with Crippen LogP contribution in [0.2, 0.25) is 0 Å². The summed E-state index contributed by atoms with van der Waals surface area (Å²) in [5.74, 6) is -0.400. The fraction of sp³-hybridized carbons (Fsp3) is 0.300. The van der Waals surface area contributed by atoms with E-state index in [4.69, 9.17) is 4.42 Å². The fourth-order valence-electron chi connectivity index (χ4n) is 3.09. The van der Waals surface area contributed by atoms with Crippen LogP contribution in [0.1, 0.15) is 43.7 Å². The number of thiophene rings is 1. The molecular formula is C20H20N4O3S. The van der Waals surface area contributed by atoms with Crippen LogP contribution < -0.4 is 5.32 Å². The van der Waals surface area contributed by atoms with Crippen molar-refractivity contribution in [2.45, 2.75) is 33.2 Å². The molecule has 3 aromatic rings. The van der Waals surface area contributed by atoms with E-state index in [1.54, 1.807) is 30.2 Å². The van der Waals surface area contributed by atoms with Crippen LogP contribution in [0.4, 0.5) is 6.01 Å². The van der Waals surface area contributed by atoms with Gasteiger partial charge in [0.15, 0.2) is 5.58 Å². The number of oxazole rings is 1. The standard InChI is InChI=1S/C20H20N4O3S/c1-11(2)19(26)22-20-21-15-9-13(6-7-17(15)27-20)14-10-16(18-5-4-8-28-18)24(23-14)12(3)25/h4-9,11,16H,10H2,1-3H3,(H,21,22,26). The Morgan fingerprint density at radius 2 is 2.14 bits per heavy atom. The van der Waals surface area contributed by atoms with Crippen LogP contribution in [0.15, 0.2) is 45.2 Å². The zero-order chi connectivity index (χ0) is 19.8. The van der Waals surface area contributed by atoms with Crippen molar-refractivity contribution < 1.29 is 14.0 Å². The molecular weight excluding hydrogens is 376 g/mol. The Balaban J connectivity index is 1.62. The summed E-state index contributed by atoms with van der Waals surface area (Å²) in [7, 11) is 0. The second kappa shape index (κ2) is 7.20. The van der Waals surface area contributed by atoms with E-state index in [0.29, 0.717) is 17.5 Å². The Morgan fingerprint density at radius 1 is 1.32 bits per heavy atom. The van der Waals surface area contributed by atoms with Crippen LogP contribution in [0.3, 0.4) is 0 Å². The summed E-state index contributed by atoms with van der Waals surface area (Å²) in [6.45, 7) is 5.13. The SMILES string of the molecule is CC(=O)N1N=C(c2ccc3oc(NC(=O)C(C)C)nc3c2)CC1c1cccs1. The molecule has 1 atom stereocenters. The van der Waals surface area contributed by atoms with Gasteiger partial charge in [0.2, 0.25) is 11.8 Å². The molecule has 7 nitrogen and oxygen atoms in total. The molecule has 0 saturated heterocycles. The maximum Gasteiger partial charge on any atom is 0.302 e. The predicted molar refractivity (Wildman–Crippen MR) is 108 cm³/mol. The molecule has 0 radical (unpaired) electrons. The molecule has 144 valence electrons. The number of anilines is 1. The molecule has 2 amide bonds. The van der Waals surface area contributed by atoms with E-state index in [0.717, 1.165) is 16.2 Å². The molecule has 1 aliphatic rings. The van der Waals surface area contributed by atoms with Gasteiger partial charge in [0.05, 0.1) is 11.8 Å². The highest BCUT2D eigenvalue weighted by molar-refractivity contribution is 7.10. The summed E-state index contributed by atoms with van der Waals surface area (Å²) in [5.41, 5.74) is 2.92. The summed E-state index contributed by atoms with van der Waals surface area (Å²) in [5, 5.41) is 10.8. The number of nitrogens with one attached hydrogen (secondary N) is 1. The molecule has 0 saturated carbocycles. The number of nitrogens with zero attached hydrogens (tertiary/aromatic N) is 3. The zero-order valence-corrected chi connectivity index (χ0v) is 16.6. The van der Waals surface area contributed by atoms with Crippen LogP contribution in [-0.2, 0) is 9.59 Å². The first kappa shape index (κ1) is 18.4. The van der Waals surface area contributed by atoms with E-state index in [1.807, 2.05) is 35.7 Å². The number of aromatic nitrogens is 1. The predicted octanol–water partition coefficient (Wildman–Crippen LogP) is 4.18. The van der Waals surface area contributed by atoms with Crippen LogP contribution in [0.5, 0.6) is 0 Å². The minimum absolute atomic E-state index is 0.0820. The normalized spacial score (nSPS) is 16.6. The van der Waals surface area contributed by atoms with Crippen LogP contribution in [0, 0.1) is 5.92 Å². The Hall–Kier alpha value is -3.00. The molecule has 28 heavy (non-hydrogen) atoms. The van der Waals surface area contributed by atoms with Crippen molar-refractivity contribution in [1.29, 1.82) is 0 Å². The number of amides is 2. The molecule has 1 N–H and O–H groups in total. The molecule has 0 spiro atoms. The molecule has 4 rings (SSSR count). The number of rotatable bonds is 4. The van der Waals surface area contributed by atoms with E-state index in [2.05, 4.69) is 15.4 Å². The summed E-state index contributed by atoms with van der Waals surface area (Å²) < 4.78 is 5.60. The highest BCUT2D eigenvalue weighted by Crippen LogP contribution is 2.35. The molecule has 3 heterocycles. The van der Waals surface area contributed by atoms with Gasteiger partial charge in [-0.2, -0.15) is 10.1 Å². The Kier molecular flexibility index (Phi) is 4.72. The van der Waals surface area contributed by atoms with Gasteiger partial charge in [0.1, 0.15) is 5.52 Å². The third-order valence-electron chi connectivity index (χ3n) is 4.58. The highest BCUT2D eigenvalue weighted by atomic mass is 32.1. The topological polar surface area (TPSA) is 87.8 Å². The third kappa shape index (κ3) is 3.43. The average molecular weight is 396 g/mol. The smallest absolute Gasteiger partial charge is 0.302 e. The monoisotopic (exact) mass is 396 g/mol. The van der Waals surface area contributed by atoms with Gasteiger partial charge >= 0.3 is 6.01 Å². The van der Waals surface area contributed by atoms with Gasteiger partial charge in [0.25, 0.3) is 0 Å². The molecule has 2 aromatic heterocycles. The number of hydrogen-bond donors (Lipinski definition) is 1. The van der Waals surface area contributed by atoms with Crippen LogP contribution in [-0.4, -0.2) is 27.5 Å². The summed E-state index contributed by atoms with van der Waals surface area (Å²) in [6, 6.07) is 9.68. The quantitative estimate of drug-likeness (QED) is 0.716. The van der Waals surface area contributed by atoms with Gasteiger partial charge in [-0.05, 0) is 29.6 Å². The van der Waals surface area contributed by atoms with Gasteiger partial charge in [-0.1, -0.05) is 19.9 Å². The van der Waals surface area contributed by atoms with Crippen molar-refractivity contribution in [3.8, 4) is 0 Å². The van der Waals surface area contributed by atoms with Crippen molar-refractivity contribution in [3.63, 3.8) is 0 Å². The first-order valence-corrected chi connectivity index (χ1v) is 9.93. The van der Waals surface area contributed by atoms with Gasteiger partial charge in [-0.15, -0.1) is 11.3 Å². The molecule has 1 aromatic carbocycles. The van der Waals surface area contributed by atoms with Crippen molar-refractivity contribution >= 4 is 46.0 Å². The Labute approximate surface area is 166 Å². The minimum atomic E-state index is -0.162. The molecule has 0 bridgehead atoms. The molecule has 8 heteroatoms. The number of hydrazone groups is 1. The largest absolute Gasteiger partial charge is 0.423 e. The Bertz CT molecular complexity index is 1070. The summed E-state index contributed by atoms with van der Waals surface area (Å²) in [6.07, 6.45) is 0.639. The van der Waals surface area contributed by atoms with Crippen LogP contribution in [0.25, 0.3) is 11.1 Å². The van der Waals surface area contributed by atoms with Crippen molar-refractivity contribution in [2.75, 3.05) is 5.32 Å². The summed E-state index contributed by atoms with van der Waals surface area (Å²) in [4.78, 5) is 29.4. The Morgan fingerprint density at radius 3 is 2.82 bits per heavy atom. The third-order valence-corrected chi connectivity index (χ3v) is 5.55. The lowest BCUT2D eigenvalue weighted by Crippen LogP contribution is -2.23. The second-order valence-electron chi connectivity index (χ2n) is 6.99. The van der Waals surface area contributed by atoms with Crippen LogP contribution >= 0.6 is 11.3 Å². The lowest BCUT2D eigenvalue weighted by molar-refractivity contribution is -0.130. The zero-order valence-electron chi connectivity index (χ0n) is 15.8. The molecule has 0 fully saturated rings. The number of hydrogen-bond acceptors (Lipinski definition) is 6. The minimum Gasteiger partial charge on any atom is -0.423 e. The molecule has 0 aliphatic carbocycles. The number of carbonyl (C=O) groups excluding carboxylic acids is 2. The van der Waals surface area contributed by atoms with Gasteiger partial charge in [0, 0.05) is 29.7 Å². The van der Waals surface area contributed by atoms with Gasteiger partial charge in [-0.25, -0.2) is 5.01 Å². The van der Waals surface area contributed by atoms with Crippen molar-refractivity contribution in [1.82, 2.24) is 9.99 Å². The van der Waals surface area contributed by atoms with E-state index < -0.39 is 0 Å². The molecule has 1 unspecified atom stereocenters. The number of carbonyl (C=O) groups is 2. The average Bonchev–Trinajstić information content (AvgIpc) is 3.38. The fourth-order valence-corrected chi connectivity index (χ4v) is 3.90. The maximum absolute atomic E-state index is 12.1. The van der Waals surface area contributed by atoms with Gasteiger partial charge in [-0.3, -0.25) is 14.9 Å². The van der Waals surface area contributed by atoms with E-state index in [-0.39, 0.29) is 29.8 Å². The van der Waals surface area contributed by atoms with E-state index >= 15 is 0 Å². The highest BCUT2D eigenvalue weighted by Gasteiger charge is 2.32. The summed E-state index contributed by atoms with van der Waals surface area (Å²) >= 11 is 1.62. The maximum atomic E-state index is 12.1. The second-order valence-corrected chi connectivity index (χ2v) is 7.97. The molecule has 1 aliphatic heterocycles. The number of benzene rings is 1. The first-order chi connectivity index (χ1) is 13.4. The van der Waals surface area contributed by atoms with Crippen molar-refractivity contribution in [3.05, 3.63) is 46.2 Å². The van der Waals surface area contributed by atoms with E-state index in [1.165, 1.54) is 6.92 Å². The van der Waals surface area contributed by atoms with Gasteiger partial charge < -0.3 is 4.42 Å². The van der Waals surface area contributed by atoms with Crippen molar-refractivity contribution in [2.24, 2.45) is 11.0 Å². The van der Waals surface area contributed by atoms with E-state index in [9.17, 15) is 9.59 Å². The lowest BCUT2D eigenvalue weighted by Gasteiger charge is -2.18.